The molecule has 0 fully saturated rings. The number of carbonyl (C=O) groups excluding carboxylic acids is 1. The lowest BCUT2D eigenvalue weighted by Crippen LogP contribution is -2.21. The van der Waals surface area contributed by atoms with Gasteiger partial charge >= 0.3 is 18.4 Å². The van der Waals surface area contributed by atoms with Gasteiger partial charge in [-0.05, 0) is 36.4 Å². The zero-order chi connectivity index (χ0) is 26.2. The van der Waals surface area contributed by atoms with E-state index in [4.69, 9.17) is 0 Å². The van der Waals surface area contributed by atoms with E-state index in [1.165, 1.54) is 0 Å². The molecule has 0 saturated carbocycles. The van der Waals surface area contributed by atoms with E-state index in [1.54, 1.807) is 48.5 Å². The van der Waals surface area contributed by atoms with Crippen LogP contribution in [0.1, 0.15) is 5.82 Å². The Kier molecular flexibility index (Phi) is 8.85. The summed E-state index contributed by atoms with van der Waals surface area (Å²) in [5, 5.41) is 5.32. The fourth-order valence-corrected chi connectivity index (χ4v) is 3.32. The average molecular weight is 532 g/mol. The monoisotopic (exact) mass is 532 g/mol. The number of hydrogen-bond acceptors (Lipinski definition) is 6. The third-order valence-corrected chi connectivity index (χ3v) is 5.01. The standard InChI is InChI=1S/C22H18F6N4O3S/c23-21(24,25)12-34-18-10-19(35-13-22(26,27)28)32-17(31-18)11-36-16-8-6-15(7-9-16)30-20(33)29-14-4-2-1-3-5-14/h1-10H,11-13H2,(H2,29,30,33). The zero-order valence-corrected chi connectivity index (χ0v) is 19.0. The van der Waals surface area contributed by atoms with E-state index >= 15 is 0 Å². The average Bonchev–Trinajstić information content (AvgIpc) is 2.81. The van der Waals surface area contributed by atoms with Crippen LogP contribution >= 0.6 is 11.8 Å². The molecule has 3 aromatic rings. The predicted molar refractivity (Wildman–Crippen MR) is 120 cm³/mol. The molecule has 0 unspecified atom stereocenters. The Bertz CT molecular complexity index is 1110. The molecule has 0 atom stereocenters. The summed E-state index contributed by atoms with van der Waals surface area (Å²) in [4.78, 5) is 20.4. The van der Waals surface area contributed by atoms with Crippen molar-refractivity contribution in [2.45, 2.75) is 23.0 Å². The fourth-order valence-electron chi connectivity index (χ4n) is 2.57. The third kappa shape index (κ3) is 9.90. The maximum absolute atomic E-state index is 12.5. The van der Waals surface area contributed by atoms with E-state index in [9.17, 15) is 31.1 Å². The largest absolute Gasteiger partial charge is 0.468 e. The number of para-hydroxylation sites is 1. The molecule has 0 radical (unpaired) electrons. The van der Waals surface area contributed by atoms with E-state index in [1.807, 2.05) is 6.07 Å². The molecule has 2 amide bonds. The highest BCUT2D eigenvalue weighted by molar-refractivity contribution is 7.98. The van der Waals surface area contributed by atoms with Crippen LogP contribution in [0, 0.1) is 0 Å². The number of nitrogens with zero attached hydrogens (tertiary/aromatic N) is 2. The summed E-state index contributed by atoms with van der Waals surface area (Å²) in [7, 11) is 0. The summed E-state index contributed by atoms with van der Waals surface area (Å²) < 4.78 is 83.8. The zero-order valence-electron chi connectivity index (χ0n) is 18.2. The van der Waals surface area contributed by atoms with Gasteiger partial charge in [-0.25, -0.2) is 4.79 Å². The number of ether oxygens (including phenoxy) is 2. The molecule has 0 aliphatic heterocycles. The van der Waals surface area contributed by atoms with Crippen molar-refractivity contribution < 1.29 is 40.6 Å². The van der Waals surface area contributed by atoms with Gasteiger partial charge in [0.1, 0.15) is 5.82 Å². The molecule has 36 heavy (non-hydrogen) atoms. The van der Waals surface area contributed by atoms with Gasteiger partial charge < -0.3 is 20.1 Å². The Labute approximate surface area is 205 Å². The molecule has 14 heteroatoms. The number of urea groups is 1. The SMILES string of the molecule is O=C(Nc1ccccc1)Nc1ccc(SCc2nc(OCC(F)(F)F)cc(OCC(F)(F)F)n2)cc1. The Morgan fingerprint density at radius 3 is 1.78 bits per heavy atom. The Balaban J connectivity index is 1.61. The lowest BCUT2D eigenvalue weighted by atomic mass is 10.3. The van der Waals surface area contributed by atoms with Crippen molar-refractivity contribution in [2.75, 3.05) is 23.8 Å². The Hall–Kier alpha value is -3.68. The van der Waals surface area contributed by atoms with Gasteiger partial charge in [0, 0.05) is 16.3 Å². The minimum absolute atomic E-state index is 0.00708. The summed E-state index contributed by atoms with van der Waals surface area (Å²) >= 11 is 1.16. The van der Waals surface area contributed by atoms with E-state index in [0.717, 1.165) is 17.8 Å². The molecule has 2 aromatic carbocycles. The lowest BCUT2D eigenvalue weighted by Gasteiger charge is -2.13. The van der Waals surface area contributed by atoms with Crippen molar-refractivity contribution in [3.63, 3.8) is 0 Å². The molecular weight excluding hydrogens is 514 g/mol. The number of rotatable bonds is 9. The number of hydrogen-bond donors (Lipinski definition) is 2. The van der Waals surface area contributed by atoms with E-state index in [0.29, 0.717) is 16.3 Å². The highest BCUT2D eigenvalue weighted by Gasteiger charge is 2.30. The van der Waals surface area contributed by atoms with Gasteiger partial charge in [0.2, 0.25) is 11.8 Å². The number of benzene rings is 2. The van der Waals surface area contributed by atoms with Gasteiger partial charge in [-0.2, -0.15) is 36.3 Å². The first-order valence-electron chi connectivity index (χ1n) is 10.1. The van der Waals surface area contributed by atoms with Gasteiger partial charge in [-0.1, -0.05) is 18.2 Å². The van der Waals surface area contributed by atoms with E-state index < -0.39 is 43.4 Å². The molecule has 192 valence electrons. The maximum atomic E-state index is 12.5. The minimum atomic E-state index is -4.67. The highest BCUT2D eigenvalue weighted by atomic mass is 32.2. The molecule has 2 N–H and O–H groups in total. The lowest BCUT2D eigenvalue weighted by molar-refractivity contribution is -0.154. The summed E-state index contributed by atoms with van der Waals surface area (Å²) in [6.07, 6.45) is -9.33. The van der Waals surface area contributed by atoms with Crippen molar-refractivity contribution in [1.29, 1.82) is 0 Å². The number of anilines is 2. The quantitative estimate of drug-likeness (QED) is 0.249. The summed E-state index contributed by atoms with van der Waals surface area (Å²) in [6, 6.07) is 15.7. The van der Waals surface area contributed by atoms with Gasteiger partial charge in [-0.3, -0.25) is 0 Å². The van der Waals surface area contributed by atoms with Crippen LogP contribution in [0.15, 0.2) is 65.6 Å². The minimum Gasteiger partial charge on any atom is -0.468 e. The van der Waals surface area contributed by atoms with Crippen LogP contribution in [0.2, 0.25) is 0 Å². The van der Waals surface area contributed by atoms with Crippen molar-refractivity contribution in [3.8, 4) is 11.8 Å². The Morgan fingerprint density at radius 2 is 1.28 bits per heavy atom. The van der Waals surface area contributed by atoms with Crippen LogP contribution < -0.4 is 20.1 Å². The Morgan fingerprint density at radius 1 is 0.778 bits per heavy atom. The van der Waals surface area contributed by atoms with Crippen LogP contribution in [-0.2, 0) is 5.75 Å². The van der Waals surface area contributed by atoms with Crippen LogP contribution in [0.3, 0.4) is 0 Å². The van der Waals surface area contributed by atoms with E-state index in [-0.39, 0.29) is 11.6 Å². The van der Waals surface area contributed by atoms with Crippen LogP contribution in [-0.4, -0.2) is 41.6 Å². The van der Waals surface area contributed by atoms with Gasteiger partial charge in [0.25, 0.3) is 0 Å². The first-order chi connectivity index (χ1) is 16.9. The number of halogens is 6. The maximum Gasteiger partial charge on any atom is 0.422 e. The molecule has 0 aliphatic rings. The molecule has 0 aliphatic carbocycles. The van der Waals surface area contributed by atoms with Gasteiger partial charge in [0.15, 0.2) is 13.2 Å². The second-order valence-electron chi connectivity index (χ2n) is 7.03. The van der Waals surface area contributed by atoms with Crippen molar-refractivity contribution in [2.24, 2.45) is 0 Å². The topological polar surface area (TPSA) is 85.4 Å². The molecule has 7 nitrogen and oxygen atoms in total. The molecule has 0 bridgehead atoms. The van der Waals surface area contributed by atoms with E-state index in [2.05, 4.69) is 30.1 Å². The molecule has 3 rings (SSSR count). The number of nitrogens with one attached hydrogen (secondary N) is 2. The normalized spacial score (nSPS) is 11.6. The number of amides is 2. The molecular formula is C22H18F6N4O3S. The van der Waals surface area contributed by atoms with Crippen molar-refractivity contribution >= 4 is 29.2 Å². The summed E-state index contributed by atoms with van der Waals surface area (Å²) in [5.74, 6) is -1.24. The second kappa shape index (κ2) is 11.8. The first kappa shape index (κ1) is 26.9. The number of aromatic nitrogens is 2. The van der Waals surface area contributed by atoms with Crippen LogP contribution in [0.4, 0.5) is 42.5 Å². The smallest absolute Gasteiger partial charge is 0.422 e. The van der Waals surface area contributed by atoms with Gasteiger partial charge in [0.05, 0.1) is 11.8 Å². The van der Waals surface area contributed by atoms with Gasteiger partial charge in [-0.15, -0.1) is 11.8 Å². The fraction of sp³-hybridized carbons (Fsp3) is 0.227. The second-order valence-corrected chi connectivity index (χ2v) is 8.08. The summed E-state index contributed by atoms with van der Waals surface area (Å²) in [6.45, 7) is -3.36. The van der Waals surface area contributed by atoms with Crippen molar-refractivity contribution in [3.05, 3.63) is 66.5 Å². The number of carbonyl (C=O) groups is 1. The summed E-state index contributed by atoms with van der Waals surface area (Å²) in [5.41, 5.74) is 1.11. The van der Waals surface area contributed by atoms with Crippen molar-refractivity contribution in [1.82, 2.24) is 9.97 Å². The number of alkyl halides is 6. The van der Waals surface area contributed by atoms with Crippen LogP contribution in [0.5, 0.6) is 11.8 Å². The molecule has 1 heterocycles. The predicted octanol–water partition coefficient (Wildman–Crippen LogP) is 6.30. The third-order valence-electron chi connectivity index (χ3n) is 4.00. The molecule has 1 aromatic heterocycles. The number of thioether (sulfide) groups is 1. The highest BCUT2D eigenvalue weighted by Crippen LogP contribution is 2.27. The molecule has 0 saturated heterocycles. The molecule has 0 spiro atoms. The first-order valence-corrected chi connectivity index (χ1v) is 11.1. The van der Waals surface area contributed by atoms with Crippen LogP contribution in [0.25, 0.3) is 0 Å².